The smallest absolute Gasteiger partial charge is 0.145 e. The highest BCUT2D eigenvalue weighted by Crippen LogP contribution is 2.43. The van der Waals surface area contributed by atoms with Crippen LogP contribution in [0.25, 0.3) is 0 Å². The molecule has 2 aliphatic rings. The average Bonchev–Trinajstić information content (AvgIpc) is 2.43. The van der Waals surface area contributed by atoms with Crippen molar-refractivity contribution in [1.82, 2.24) is 0 Å². The number of hydrogen-bond donors (Lipinski definition) is 0. The molecule has 0 aliphatic carbocycles. The van der Waals surface area contributed by atoms with E-state index in [0.717, 1.165) is 0 Å². The normalized spacial score (nSPS) is 46.4. The van der Waals surface area contributed by atoms with Gasteiger partial charge in [0.15, 0.2) is 0 Å². The van der Waals surface area contributed by atoms with Crippen molar-refractivity contribution in [2.24, 2.45) is 17.8 Å². The fourth-order valence-corrected chi connectivity index (χ4v) is 2.54. The average molecular weight is 194 g/mol. The topological polar surface area (TPSA) is 26.3 Å². The monoisotopic (exact) mass is 194 g/mol. The minimum atomic E-state index is -0.340. The third-order valence-corrected chi connectivity index (χ3v) is 3.69. The van der Waals surface area contributed by atoms with Crippen LogP contribution in [0.2, 0.25) is 0 Å². The van der Waals surface area contributed by atoms with E-state index in [2.05, 4.69) is 26.0 Å². The lowest BCUT2D eigenvalue weighted by molar-refractivity contribution is -0.160. The lowest BCUT2D eigenvalue weighted by Gasteiger charge is -2.40. The van der Waals surface area contributed by atoms with E-state index in [1.165, 1.54) is 0 Å². The maximum atomic E-state index is 12.1. The second-order valence-electron chi connectivity index (χ2n) is 5.02. The number of carbonyl (C=O) groups is 1. The first-order valence-corrected chi connectivity index (χ1v) is 5.36. The summed E-state index contributed by atoms with van der Waals surface area (Å²) in [6.07, 6.45) is 4.14. The van der Waals surface area contributed by atoms with Crippen molar-refractivity contribution < 1.29 is 9.53 Å². The molecule has 1 saturated heterocycles. The van der Waals surface area contributed by atoms with Crippen molar-refractivity contribution in [3.63, 3.8) is 0 Å². The van der Waals surface area contributed by atoms with E-state index >= 15 is 0 Å². The van der Waals surface area contributed by atoms with Gasteiger partial charge < -0.3 is 4.74 Å². The summed E-state index contributed by atoms with van der Waals surface area (Å²) in [5.74, 6) is 0.771. The molecule has 2 aliphatic heterocycles. The number of rotatable bonds is 1. The molecule has 0 amide bonds. The molecule has 2 heteroatoms. The number of ketones is 1. The van der Waals surface area contributed by atoms with E-state index in [4.69, 9.17) is 4.74 Å². The zero-order valence-corrected chi connectivity index (χ0v) is 9.28. The van der Waals surface area contributed by atoms with Gasteiger partial charge in [0.25, 0.3) is 0 Å². The van der Waals surface area contributed by atoms with Crippen LogP contribution in [0.3, 0.4) is 0 Å². The molecule has 0 aromatic rings. The summed E-state index contributed by atoms with van der Waals surface area (Å²) in [4.78, 5) is 12.1. The van der Waals surface area contributed by atoms with E-state index in [9.17, 15) is 4.79 Å². The van der Waals surface area contributed by atoms with Gasteiger partial charge in [-0.15, -0.1) is 0 Å². The van der Waals surface area contributed by atoms with Crippen molar-refractivity contribution >= 4 is 5.78 Å². The van der Waals surface area contributed by atoms with E-state index in [-0.39, 0.29) is 23.5 Å². The molecule has 0 spiro atoms. The predicted octanol–water partition coefficient (Wildman–Crippen LogP) is 2.19. The first kappa shape index (κ1) is 9.91. The molecule has 2 bridgehead atoms. The van der Waals surface area contributed by atoms with Gasteiger partial charge in [-0.05, 0) is 12.8 Å². The Kier molecular flexibility index (Phi) is 2.07. The van der Waals surface area contributed by atoms with E-state index in [1.807, 2.05) is 13.8 Å². The van der Waals surface area contributed by atoms with Crippen molar-refractivity contribution in [2.75, 3.05) is 0 Å². The van der Waals surface area contributed by atoms with Gasteiger partial charge in [0.05, 0.1) is 17.6 Å². The Hall–Kier alpha value is -0.630. The second kappa shape index (κ2) is 2.93. The molecule has 1 fully saturated rings. The number of carbonyl (C=O) groups excluding carboxylic acids is 1. The number of ether oxygens (including phenoxy) is 1. The number of Topliss-reactive ketones (excluding diaryl/α,β-unsaturated/α-hetero) is 1. The Labute approximate surface area is 85.3 Å². The molecule has 0 aromatic carbocycles. The maximum absolute atomic E-state index is 12.1. The van der Waals surface area contributed by atoms with Gasteiger partial charge in [0.2, 0.25) is 0 Å². The summed E-state index contributed by atoms with van der Waals surface area (Å²) in [6.45, 7) is 8.16. The van der Waals surface area contributed by atoms with Crippen LogP contribution in [0.1, 0.15) is 27.7 Å². The van der Waals surface area contributed by atoms with Gasteiger partial charge in [0.1, 0.15) is 5.78 Å². The summed E-state index contributed by atoms with van der Waals surface area (Å²) >= 11 is 0. The first-order valence-electron chi connectivity index (χ1n) is 5.36. The summed E-state index contributed by atoms with van der Waals surface area (Å²) in [5, 5.41) is 0. The largest absolute Gasteiger partial charge is 0.362 e. The molecule has 0 aromatic heterocycles. The van der Waals surface area contributed by atoms with Crippen molar-refractivity contribution in [2.45, 2.75) is 39.4 Å². The minimum Gasteiger partial charge on any atom is -0.362 e. The Morgan fingerprint density at radius 1 is 1.50 bits per heavy atom. The zero-order valence-electron chi connectivity index (χ0n) is 9.28. The Morgan fingerprint density at radius 3 is 2.71 bits per heavy atom. The van der Waals surface area contributed by atoms with Gasteiger partial charge in [0, 0.05) is 5.92 Å². The Bertz CT molecular complexity index is 293. The van der Waals surface area contributed by atoms with Crippen LogP contribution in [-0.4, -0.2) is 17.5 Å². The SMILES string of the molecule is CC(C)[C@@H]1C(=O)[C@@H](C)[C@@]2(C)C=C[C@@H]1O2. The molecule has 14 heavy (non-hydrogen) atoms. The van der Waals surface area contributed by atoms with E-state index < -0.39 is 0 Å². The molecule has 0 unspecified atom stereocenters. The molecular formula is C12H18O2. The van der Waals surface area contributed by atoms with Crippen molar-refractivity contribution in [3.05, 3.63) is 12.2 Å². The van der Waals surface area contributed by atoms with Gasteiger partial charge in [-0.2, -0.15) is 0 Å². The number of hydrogen-bond acceptors (Lipinski definition) is 2. The third-order valence-electron chi connectivity index (χ3n) is 3.69. The van der Waals surface area contributed by atoms with Gasteiger partial charge >= 0.3 is 0 Å². The quantitative estimate of drug-likeness (QED) is 0.598. The Balaban J connectivity index is 2.34. The highest BCUT2D eigenvalue weighted by Gasteiger charge is 2.51. The van der Waals surface area contributed by atoms with Crippen LogP contribution in [-0.2, 0) is 9.53 Å². The predicted molar refractivity (Wildman–Crippen MR) is 54.9 cm³/mol. The van der Waals surface area contributed by atoms with Crippen molar-refractivity contribution in [1.29, 1.82) is 0 Å². The zero-order chi connectivity index (χ0) is 10.5. The third kappa shape index (κ3) is 1.17. The molecule has 0 radical (unpaired) electrons. The highest BCUT2D eigenvalue weighted by atomic mass is 16.5. The maximum Gasteiger partial charge on any atom is 0.145 e. The molecule has 4 atom stereocenters. The Morgan fingerprint density at radius 2 is 2.14 bits per heavy atom. The van der Waals surface area contributed by atoms with Crippen LogP contribution < -0.4 is 0 Å². The molecule has 0 saturated carbocycles. The van der Waals surface area contributed by atoms with Gasteiger partial charge in [-0.3, -0.25) is 4.79 Å². The fraction of sp³-hybridized carbons (Fsp3) is 0.750. The second-order valence-corrected chi connectivity index (χ2v) is 5.02. The van der Waals surface area contributed by atoms with E-state index in [1.54, 1.807) is 0 Å². The van der Waals surface area contributed by atoms with E-state index in [0.29, 0.717) is 11.7 Å². The molecule has 2 nitrogen and oxygen atoms in total. The molecule has 2 rings (SSSR count). The highest BCUT2D eigenvalue weighted by molar-refractivity contribution is 5.87. The summed E-state index contributed by atoms with van der Waals surface area (Å²) in [5.41, 5.74) is -0.340. The van der Waals surface area contributed by atoms with Crippen LogP contribution in [0, 0.1) is 17.8 Å². The van der Waals surface area contributed by atoms with Crippen LogP contribution >= 0.6 is 0 Å². The lowest BCUT2D eigenvalue weighted by Crippen LogP contribution is -2.50. The van der Waals surface area contributed by atoms with Crippen LogP contribution in [0.15, 0.2) is 12.2 Å². The standard InChI is InChI=1S/C12H18O2/c1-7(2)10-9-5-6-12(4,14-9)8(3)11(10)13/h5-10H,1-4H3/t8-,9+,10+,12-/m1/s1. The molecule has 78 valence electrons. The van der Waals surface area contributed by atoms with Crippen molar-refractivity contribution in [3.8, 4) is 0 Å². The summed E-state index contributed by atoms with van der Waals surface area (Å²) < 4.78 is 5.91. The van der Waals surface area contributed by atoms with Gasteiger partial charge in [-0.25, -0.2) is 0 Å². The van der Waals surface area contributed by atoms with Gasteiger partial charge in [-0.1, -0.05) is 32.9 Å². The first-order chi connectivity index (χ1) is 6.46. The minimum absolute atomic E-state index is 0.00935. The summed E-state index contributed by atoms with van der Waals surface area (Å²) in [6, 6.07) is 0. The molecule has 0 N–H and O–H groups in total. The lowest BCUT2D eigenvalue weighted by atomic mass is 9.76. The molecular weight excluding hydrogens is 176 g/mol. The molecule has 2 heterocycles. The van der Waals surface area contributed by atoms with Crippen LogP contribution in [0.4, 0.5) is 0 Å². The fourth-order valence-electron chi connectivity index (χ4n) is 2.54. The summed E-state index contributed by atoms with van der Waals surface area (Å²) in [7, 11) is 0. The van der Waals surface area contributed by atoms with Crippen LogP contribution in [0.5, 0.6) is 0 Å². The number of fused-ring (bicyclic) bond motifs is 2.